The Morgan fingerprint density at radius 2 is 1.73 bits per heavy atom. The predicted molar refractivity (Wildman–Crippen MR) is 103 cm³/mol. The first kappa shape index (κ1) is 18.1. The molecule has 0 saturated carbocycles. The summed E-state index contributed by atoms with van der Waals surface area (Å²) in [5, 5.41) is 8.06. The van der Waals surface area contributed by atoms with E-state index in [4.69, 9.17) is 4.74 Å². The van der Waals surface area contributed by atoms with E-state index in [1.807, 2.05) is 49.5 Å². The molecule has 0 aliphatic heterocycles. The molecule has 5 nitrogen and oxygen atoms in total. The van der Waals surface area contributed by atoms with Crippen molar-refractivity contribution in [3.05, 3.63) is 72.3 Å². The van der Waals surface area contributed by atoms with Crippen molar-refractivity contribution in [3.63, 3.8) is 0 Å². The van der Waals surface area contributed by atoms with E-state index in [2.05, 4.69) is 41.4 Å². The van der Waals surface area contributed by atoms with E-state index in [0.29, 0.717) is 0 Å². The van der Waals surface area contributed by atoms with Gasteiger partial charge in [0.2, 0.25) is 0 Å². The normalized spacial score (nSPS) is 13.3. The highest BCUT2D eigenvalue weighted by molar-refractivity contribution is 5.34. The molecule has 0 saturated heterocycles. The Labute approximate surface area is 155 Å². The van der Waals surface area contributed by atoms with Gasteiger partial charge in [-0.15, -0.1) is 0 Å². The maximum absolute atomic E-state index is 5.88. The lowest BCUT2D eigenvalue weighted by Gasteiger charge is -2.22. The summed E-state index contributed by atoms with van der Waals surface area (Å²) < 4.78 is 7.62. The molecule has 0 aliphatic carbocycles. The van der Waals surface area contributed by atoms with Crippen molar-refractivity contribution in [2.75, 3.05) is 0 Å². The van der Waals surface area contributed by atoms with Gasteiger partial charge in [-0.1, -0.05) is 43.7 Å². The number of nitrogens with one attached hydrogen (secondary N) is 1. The first-order valence-corrected chi connectivity index (χ1v) is 9.10. The molecule has 0 radical (unpaired) electrons. The topological polar surface area (TPSA) is 52.0 Å². The molecule has 0 amide bonds. The number of aromatic nitrogens is 3. The van der Waals surface area contributed by atoms with Crippen molar-refractivity contribution < 1.29 is 4.74 Å². The average molecular weight is 350 g/mol. The van der Waals surface area contributed by atoms with Crippen LogP contribution < -0.4 is 10.1 Å². The van der Waals surface area contributed by atoms with Gasteiger partial charge < -0.3 is 10.1 Å². The molecule has 2 atom stereocenters. The maximum Gasteiger partial charge on any atom is 0.167 e. The minimum absolute atomic E-state index is 0.0907. The molecule has 3 aromatic rings. The summed E-state index contributed by atoms with van der Waals surface area (Å²) in [6.45, 7) is 4.30. The summed E-state index contributed by atoms with van der Waals surface area (Å²) >= 11 is 0. The average Bonchev–Trinajstić information content (AvgIpc) is 3.09. The second-order valence-corrected chi connectivity index (χ2v) is 6.49. The van der Waals surface area contributed by atoms with Crippen LogP contribution in [0.3, 0.4) is 0 Å². The third-order valence-electron chi connectivity index (χ3n) is 4.29. The molecule has 1 N–H and O–H groups in total. The highest BCUT2D eigenvalue weighted by Crippen LogP contribution is 2.26. The van der Waals surface area contributed by atoms with Crippen LogP contribution in [-0.2, 0) is 7.05 Å². The fourth-order valence-electron chi connectivity index (χ4n) is 2.96. The molecule has 136 valence electrons. The summed E-state index contributed by atoms with van der Waals surface area (Å²) in [6.07, 6.45) is 3.89. The lowest BCUT2D eigenvalue weighted by molar-refractivity contribution is 0.425. The van der Waals surface area contributed by atoms with Gasteiger partial charge in [-0.05, 0) is 43.2 Å². The molecule has 26 heavy (non-hydrogen) atoms. The van der Waals surface area contributed by atoms with Crippen LogP contribution in [0.2, 0.25) is 0 Å². The van der Waals surface area contributed by atoms with Crippen molar-refractivity contribution in [1.82, 2.24) is 20.1 Å². The van der Waals surface area contributed by atoms with Gasteiger partial charge in [-0.3, -0.25) is 4.68 Å². The zero-order valence-corrected chi connectivity index (χ0v) is 15.6. The maximum atomic E-state index is 5.88. The highest BCUT2D eigenvalue weighted by atomic mass is 16.5. The number of benzene rings is 2. The van der Waals surface area contributed by atoms with E-state index in [-0.39, 0.29) is 12.1 Å². The van der Waals surface area contributed by atoms with Gasteiger partial charge in [0.05, 0.1) is 6.04 Å². The van der Waals surface area contributed by atoms with E-state index in [1.165, 1.54) is 5.56 Å². The van der Waals surface area contributed by atoms with Crippen LogP contribution in [0.25, 0.3) is 0 Å². The van der Waals surface area contributed by atoms with Gasteiger partial charge in [0, 0.05) is 13.1 Å². The van der Waals surface area contributed by atoms with Crippen LogP contribution >= 0.6 is 0 Å². The predicted octanol–water partition coefficient (Wildman–Crippen LogP) is 4.80. The first-order chi connectivity index (χ1) is 12.7. The molecule has 0 fully saturated rings. The van der Waals surface area contributed by atoms with Gasteiger partial charge in [0.25, 0.3) is 0 Å². The number of ether oxygens (including phenoxy) is 1. The SMILES string of the molecule is CCCC(NC(C)c1ncn(C)n1)c1ccc(Oc2ccccc2)cc1. The number of hydrogen-bond acceptors (Lipinski definition) is 4. The van der Waals surface area contributed by atoms with Crippen LogP contribution in [0.4, 0.5) is 0 Å². The second kappa shape index (κ2) is 8.63. The Morgan fingerprint density at radius 1 is 1.04 bits per heavy atom. The molecular weight excluding hydrogens is 324 g/mol. The third kappa shape index (κ3) is 4.70. The van der Waals surface area contributed by atoms with Crippen molar-refractivity contribution >= 4 is 0 Å². The molecule has 1 heterocycles. The molecule has 0 aliphatic rings. The van der Waals surface area contributed by atoms with E-state index in [9.17, 15) is 0 Å². The smallest absolute Gasteiger partial charge is 0.167 e. The van der Waals surface area contributed by atoms with Gasteiger partial charge in [-0.25, -0.2) is 4.98 Å². The van der Waals surface area contributed by atoms with Gasteiger partial charge >= 0.3 is 0 Å². The molecule has 5 heteroatoms. The van der Waals surface area contributed by atoms with Gasteiger partial charge in [-0.2, -0.15) is 5.10 Å². The van der Waals surface area contributed by atoms with Crippen molar-refractivity contribution in [1.29, 1.82) is 0 Å². The number of rotatable bonds is 8. The first-order valence-electron chi connectivity index (χ1n) is 9.10. The van der Waals surface area contributed by atoms with Crippen LogP contribution in [0.5, 0.6) is 11.5 Å². The molecule has 3 rings (SSSR count). The monoisotopic (exact) mass is 350 g/mol. The van der Waals surface area contributed by atoms with Gasteiger partial charge in [0.15, 0.2) is 5.82 Å². The molecule has 0 bridgehead atoms. The van der Waals surface area contributed by atoms with Crippen LogP contribution in [0.15, 0.2) is 60.9 Å². The van der Waals surface area contributed by atoms with E-state index in [1.54, 1.807) is 11.0 Å². The molecule has 1 aromatic heterocycles. The zero-order valence-electron chi connectivity index (χ0n) is 15.6. The number of aryl methyl sites for hydroxylation is 1. The van der Waals surface area contributed by atoms with Crippen molar-refractivity contribution in [2.24, 2.45) is 7.05 Å². The summed E-state index contributed by atoms with van der Waals surface area (Å²) in [5.74, 6) is 2.51. The Hall–Kier alpha value is -2.66. The summed E-state index contributed by atoms with van der Waals surface area (Å²) in [7, 11) is 1.89. The Morgan fingerprint density at radius 3 is 2.35 bits per heavy atom. The van der Waals surface area contributed by atoms with Gasteiger partial charge in [0.1, 0.15) is 17.8 Å². The summed E-state index contributed by atoms with van der Waals surface area (Å²) in [6, 6.07) is 18.5. The Kier molecular flexibility index (Phi) is 6.02. The molecule has 0 spiro atoms. The second-order valence-electron chi connectivity index (χ2n) is 6.49. The van der Waals surface area contributed by atoms with E-state index >= 15 is 0 Å². The Balaban J connectivity index is 1.69. The standard InChI is InChI=1S/C21H26N4O/c1-4-8-20(23-16(2)21-22-15-25(3)24-21)17-11-13-19(14-12-17)26-18-9-6-5-7-10-18/h5-7,9-16,20,23H,4,8H2,1-3H3. The van der Waals surface area contributed by atoms with E-state index in [0.717, 1.165) is 30.2 Å². The lowest BCUT2D eigenvalue weighted by Crippen LogP contribution is -2.25. The third-order valence-corrected chi connectivity index (χ3v) is 4.29. The fraction of sp³-hybridized carbons (Fsp3) is 0.333. The number of nitrogens with zero attached hydrogens (tertiary/aromatic N) is 3. The summed E-state index contributed by atoms with van der Waals surface area (Å²) in [5.41, 5.74) is 1.25. The van der Waals surface area contributed by atoms with Crippen LogP contribution in [-0.4, -0.2) is 14.8 Å². The minimum Gasteiger partial charge on any atom is -0.457 e. The highest BCUT2D eigenvalue weighted by Gasteiger charge is 2.17. The minimum atomic E-state index is 0.0907. The quantitative estimate of drug-likeness (QED) is 0.634. The molecule has 2 aromatic carbocycles. The largest absolute Gasteiger partial charge is 0.457 e. The molecular formula is C21H26N4O. The van der Waals surface area contributed by atoms with E-state index < -0.39 is 0 Å². The summed E-state index contributed by atoms with van der Waals surface area (Å²) in [4.78, 5) is 4.35. The zero-order chi connectivity index (χ0) is 18.4. The Bertz CT molecular complexity index is 798. The fourth-order valence-corrected chi connectivity index (χ4v) is 2.96. The van der Waals surface area contributed by atoms with Crippen molar-refractivity contribution in [3.8, 4) is 11.5 Å². The van der Waals surface area contributed by atoms with Crippen LogP contribution in [0, 0.1) is 0 Å². The number of hydrogen-bond donors (Lipinski definition) is 1. The molecule has 2 unspecified atom stereocenters. The van der Waals surface area contributed by atoms with Crippen LogP contribution in [0.1, 0.15) is 50.2 Å². The van der Waals surface area contributed by atoms with Crippen molar-refractivity contribution in [2.45, 2.75) is 38.8 Å². The number of para-hydroxylation sites is 1. The lowest BCUT2D eigenvalue weighted by atomic mass is 10.0.